The van der Waals surface area contributed by atoms with E-state index in [1.807, 2.05) is 17.2 Å². The topological polar surface area (TPSA) is 86.8 Å². The summed E-state index contributed by atoms with van der Waals surface area (Å²) in [5.41, 5.74) is 3.53. The Labute approximate surface area is 153 Å². The zero-order valence-electron chi connectivity index (χ0n) is 15.7. The van der Waals surface area contributed by atoms with Gasteiger partial charge in [-0.1, -0.05) is 20.8 Å². The molecule has 138 valence electrons. The molecule has 1 atom stereocenters. The number of carbonyl (C=O) groups is 1. The van der Waals surface area contributed by atoms with Crippen molar-refractivity contribution in [3.8, 4) is 0 Å². The van der Waals surface area contributed by atoms with Crippen LogP contribution in [-0.2, 0) is 18.4 Å². The smallest absolute Gasteiger partial charge is 0.274 e. The van der Waals surface area contributed by atoms with Crippen molar-refractivity contribution in [3.63, 3.8) is 0 Å². The second-order valence-electron chi connectivity index (χ2n) is 8.28. The van der Waals surface area contributed by atoms with Crippen molar-refractivity contribution in [1.29, 1.82) is 0 Å². The van der Waals surface area contributed by atoms with E-state index in [1.54, 1.807) is 0 Å². The van der Waals surface area contributed by atoms with Crippen LogP contribution in [0.25, 0.3) is 0 Å². The van der Waals surface area contributed by atoms with E-state index in [1.165, 1.54) is 0 Å². The first-order chi connectivity index (χ1) is 12.4. The summed E-state index contributed by atoms with van der Waals surface area (Å²) in [7, 11) is 0. The van der Waals surface area contributed by atoms with E-state index in [-0.39, 0.29) is 11.3 Å². The van der Waals surface area contributed by atoms with Crippen molar-refractivity contribution in [2.45, 2.75) is 51.5 Å². The fraction of sp³-hybridized carbons (Fsp3) is 0.579. The maximum atomic E-state index is 12.8. The second-order valence-corrected chi connectivity index (χ2v) is 8.28. The van der Waals surface area contributed by atoms with E-state index in [4.69, 9.17) is 4.98 Å². The van der Waals surface area contributed by atoms with Crippen LogP contribution in [0.2, 0.25) is 0 Å². The van der Waals surface area contributed by atoms with Crippen LogP contribution in [0.1, 0.15) is 66.4 Å². The van der Waals surface area contributed by atoms with Crippen LogP contribution < -0.4 is 5.32 Å². The SMILES string of the molecule is CC(C)(C)c1cc(C(=O)N2CCc3nc([C@@H]4CCNC4)ncc3C2)n[nH]1. The van der Waals surface area contributed by atoms with E-state index in [9.17, 15) is 4.79 Å². The first-order valence-electron chi connectivity index (χ1n) is 9.32. The number of hydrogen-bond donors (Lipinski definition) is 2. The average Bonchev–Trinajstić information content (AvgIpc) is 3.31. The van der Waals surface area contributed by atoms with E-state index >= 15 is 0 Å². The molecule has 2 aromatic heterocycles. The molecule has 0 unspecified atom stereocenters. The van der Waals surface area contributed by atoms with E-state index < -0.39 is 0 Å². The summed E-state index contributed by atoms with van der Waals surface area (Å²) in [6.45, 7) is 9.51. The Morgan fingerprint density at radius 2 is 2.19 bits per heavy atom. The number of aromatic nitrogens is 4. The van der Waals surface area contributed by atoms with Crippen molar-refractivity contribution in [2.75, 3.05) is 19.6 Å². The van der Waals surface area contributed by atoms with Crippen molar-refractivity contribution in [1.82, 2.24) is 30.4 Å². The lowest BCUT2D eigenvalue weighted by Crippen LogP contribution is -2.37. The van der Waals surface area contributed by atoms with Gasteiger partial charge in [-0.15, -0.1) is 0 Å². The van der Waals surface area contributed by atoms with Crippen molar-refractivity contribution in [3.05, 3.63) is 40.7 Å². The molecule has 1 saturated heterocycles. The minimum absolute atomic E-state index is 0.0357. The number of fused-ring (bicyclic) bond motifs is 1. The highest BCUT2D eigenvalue weighted by molar-refractivity contribution is 5.92. The fourth-order valence-electron chi connectivity index (χ4n) is 3.55. The Hall–Kier alpha value is -2.28. The summed E-state index contributed by atoms with van der Waals surface area (Å²) in [6.07, 6.45) is 3.77. The highest BCUT2D eigenvalue weighted by Crippen LogP contribution is 2.24. The number of amides is 1. The minimum Gasteiger partial charge on any atom is -0.332 e. The Balaban J connectivity index is 1.49. The molecule has 7 nitrogen and oxygen atoms in total. The maximum absolute atomic E-state index is 12.8. The molecule has 0 radical (unpaired) electrons. The quantitative estimate of drug-likeness (QED) is 0.858. The van der Waals surface area contributed by atoms with Gasteiger partial charge in [-0.2, -0.15) is 5.10 Å². The molecule has 2 N–H and O–H groups in total. The number of H-pyrrole nitrogens is 1. The largest absolute Gasteiger partial charge is 0.332 e. The number of nitrogens with one attached hydrogen (secondary N) is 2. The molecule has 2 aliphatic rings. The molecule has 26 heavy (non-hydrogen) atoms. The Kier molecular flexibility index (Phi) is 4.26. The van der Waals surface area contributed by atoms with Crippen molar-refractivity contribution in [2.24, 2.45) is 0 Å². The predicted octanol–water partition coefficient (Wildman–Crippen LogP) is 1.77. The Bertz CT molecular complexity index is 816. The van der Waals surface area contributed by atoms with Gasteiger partial charge >= 0.3 is 0 Å². The molecule has 4 rings (SSSR count). The van der Waals surface area contributed by atoms with Crippen LogP contribution in [0.3, 0.4) is 0 Å². The van der Waals surface area contributed by atoms with Gasteiger partial charge in [0.25, 0.3) is 5.91 Å². The molecule has 1 fully saturated rings. The van der Waals surface area contributed by atoms with Gasteiger partial charge in [0.05, 0.1) is 5.69 Å². The Morgan fingerprint density at radius 3 is 2.88 bits per heavy atom. The summed E-state index contributed by atoms with van der Waals surface area (Å²) in [4.78, 5) is 24.0. The molecule has 0 aliphatic carbocycles. The number of hydrogen-bond acceptors (Lipinski definition) is 5. The molecule has 0 aromatic carbocycles. The molecule has 2 aliphatic heterocycles. The summed E-state index contributed by atoms with van der Waals surface area (Å²) in [6, 6.07) is 1.87. The predicted molar refractivity (Wildman–Crippen MR) is 98.0 cm³/mol. The number of aromatic amines is 1. The number of rotatable bonds is 2. The van der Waals surface area contributed by atoms with Crippen LogP contribution in [-0.4, -0.2) is 50.6 Å². The highest BCUT2D eigenvalue weighted by atomic mass is 16.2. The monoisotopic (exact) mass is 354 g/mol. The van der Waals surface area contributed by atoms with Crippen LogP contribution in [0.5, 0.6) is 0 Å². The first-order valence-corrected chi connectivity index (χ1v) is 9.32. The van der Waals surface area contributed by atoms with Crippen LogP contribution in [0.15, 0.2) is 12.3 Å². The van der Waals surface area contributed by atoms with Gasteiger partial charge in [0.15, 0.2) is 0 Å². The normalized spacial score (nSPS) is 20.3. The lowest BCUT2D eigenvalue weighted by molar-refractivity contribution is 0.0727. The van der Waals surface area contributed by atoms with Crippen molar-refractivity contribution < 1.29 is 4.79 Å². The highest BCUT2D eigenvalue weighted by Gasteiger charge is 2.27. The minimum atomic E-state index is -0.0562. The van der Waals surface area contributed by atoms with Crippen LogP contribution >= 0.6 is 0 Å². The summed E-state index contributed by atoms with van der Waals surface area (Å²) >= 11 is 0. The third-order valence-electron chi connectivity index (χ3n) is 5.27. The van der Waals surface area contributed by atoms with Gasteiger partial charge in [0.1, 0.15) is 11.5 Å². The molecule has 2 aromatic rings. The third kappa shape index (κ3) is 3.23. The third-order valence-corrected chi connectivity index (χ3v) is 5.27. The van der Waals surface area contributed by atoms with Gasteiger partial charge < -0.3 is 10.2 Å². The van der Waals surface area contributed by atoms with Crippen molar-refractivity contribution >= 4 is 5.91 Å². The van der Waals surface area contributed by atoms with Crippen LogP contribution in [0.4, 0.5) is 0 Å². The first kappa shape index (κ1) is 17.1. The average molecular weight is 354 g/mol. The van der Waals surface area contributed by atoms with E-state index in [0.717, 1.165) is 48.7 Å². The maximum Gasteiger partial charge on any atom is 0.274 e. The molecular weight excluding hydrogens is 328 g/mol. The summed E-state index contributed by atoms with van der Waals surface area (Å²) in [5.74, 6) is 1.32. The van der Waals surface area contributed by atoms with Gasteiger partial charge in [0.2, 0.25) is 0 Å². The zero-order valence-corrected chi connectivity index (χ0v) is 15.7. The molecule has 1 amide bonds. The van der Waals surface area contributed by atoms with Gasteiger partial charge in [-0.05, 0) is 19.0 Å². The Morgan fingerprint density at radius 1 is 1.35 bits per heavy atom. The lowest BCUT2D eigenvalue weighted by Gasteiger charge is -2.28. The molecule has 0 spiro atoms. The number of carbonyl (C=O) groups excluding carboxylic acids is 1. The standard InChI is InChI=1S/C19H26N6O/c1-19(2,3)16-8-15(23-24-16)18(26)25-7-5-14-13(11-25)10-21-17(22-14)12-4-6-20-9-12/h8,10,12,20H,4-7,9,11H2,1-3H3,(H,23,24)/t12-/m1/s1. The zero-order chi connectivity index (χ0) is 18.3. The van der Waals surface area contributed by atoms with E-state index in [0.29, 0.717) is 24.7 Å². The summed E-state index contributed by atoms with van der Waals surface area (Å²) < 4.78 is 0. The molecule has 4 heterocycles. The number of nitrogens with zero attached hydrogens (tertiary/aromatic N) is 4. The fourth-order valence-corrected chi connectivity index (χ4v) is 3.55. The summed E-state index contributed by atoms with van der Waals surface area (Å²) in [5, 5.41) is 10.6. The molecule has 7 heteroatoms. The van der Waals surface area contributed by atoms with E-state index in [2.05, 4.69) is 41.3 Å². The molecular formula is C19H26N6O. The van der Waals surface area contributed by atoms with Gasteiger partial charge in [-0.3, -0.25) is 9.89 Å². The van der Waals surface area contributed by atoms with Crippen LogP contribution in [0, 0.1) is 0 Å². The second kappa shape index (κ2) is 6.46. The molecule has 0 saturated carbocycles. The van der Waals surface area contributed by atoms with Gasteiger partial charge in [-0.25, -0.2) is 9.97 Å². The molecule has 0 bridgehead atoms. The van der Waals surface area contributed by atoms with Gasteiger partial charge in [0, 0.05) is 54.8 Å². The lowest BCUT2D eigenvalue weighted by atomic mass is 9.92.